The SMILES string of the molecule is NC1(CO)CCc2cc(Cl)ccc21. The second-order valence-electron chi connectivity index (χ2n) is 3.62. The predicted molar refractivity (Wildman–Crippen MR) is 52.7 cm³/mol. The molecule has 1 aliphatic carbocycles. The van der Waals surface area contributed by atoms with Crippen molar-refractivity contribution < 1.29 is 5.11 Å². The van der Waals surface area contributed by atoms with Gasteiger partial charge in [-0.05, 0) is 36.1 Å². The lowest BCUT2D eigenvalue weighted by Gasteiger charge is -2.22. The molecule has 0 radical (unpaired) electrons. The van der Waals surface area contributed by atoms with E-state index in [1.807, 2.05) is 18.2 Å². The number of rotatable bonds is 1. The highest BCUT2D eigenvalue weighted by atomic mass is 35.5. The molecule has 70 valence electrons. The summed E-state index contributed by atoms with van der Waals surface area (Å²) >= 11 is 5.86. The van der Waals surface area contributed by atoms with Gasteiger partial charge in [-0.1, -0.05) is 17.7 Å². The first-order valence-electron chi connectivity index (χ1n) is 4.34. The highest BCUT2D eigenvalue weighted by molar-refractivity contribution is 6.30. The Labute approximate surface area is 82.3 Å². The molecule has 1 aromatic rings. The summed E-state index contributed by atoms with van der Waals surface area (Å²) < 4.78 is 0. The second kappa shape index (κ2) is 2.98. The van der Waals surface area contributed by atoms with Gasteiger partial charge >= 0.3 is 0 Å². The van der Waals surface area contributed by atoms with Crippen LogP contribution in [-0.4, -0.2) is 11.7 Å². The number of benzene rings is 1. The first kappa shape index (κ1) is 9.00. The molecule has 1 unspecified atom stereocenters. The molecule has 0 spiro atoms. The lowest BCUT2D eigenvalue weighted by atomic mass is 9.94. The predicted octanol–water partition coefficient (Wildman–Crippen LogP) is 1.43. The number of hydrogen-bond acceptors (Lipinski definition) is 2. The maximum atomic E-state index is 9.18. The minimum absolute atomic E-state index is 0.00162. The maximum Gasteiger partial charge on any atom is 0.0653 e. The summed E-state index contributed by atoms with van der Waals surface area (Å²) in [4.78, 5) is 0. The summed E-state index contributed by atoms with van der Waals surface area (Å²) in [5.74, 6) is 0. The molecule has 1 aliphatic rings. The fraction of sp³-hybridized carbons (Fsp3) is 0.400. The minimum atomic E-state index is -0.542. The molecule has 0 saturated heterocycles. The topological polar surface area (TPSA) is 46.2 Å². The Kier molecular flexibility index (Phi) is 2.06. The zero-order valence-corrected chi connectivity index (χ0v) is 8.01. The smallest absolute Gasteiger partial charge is 0.0653 e. The molecule has 13 heavy (non-hydrogen) atoms. The Bertz CT molecular complexity index is 340. The molecule has 0 aliphatic heterocycles. The molecule has 0 aromatic heterocycles. The van der Waals surface area contributed by atoms with Crippen LogP contribution in [0.25, 0.3) is 0 Å². The average molecular weight is 198 g/mol. The summed E-state index contributed by atoms with van der Waals surface area (Å²) in [5.41, 5.74) is 7.70. The highest BCUT2D eigenvalue weighted by Gasteiger charge is 2.34. The van der Waals surface area contributed by atoms with Crippen LogP contribution in [0.3, 0.4) is 0 Å². The Morgan fingerprint density at radius 1 is 1.54 bits per heavy atom. The molecule has 2 rings (SSSR count). The van der Waals surface area contributed by atoms with Crippen molar-refractivity contribution in [1.82, 2.24) is 0 Å². The summed E-state index contributed by atoms with van der Waals surface area (Å²) in [6.45, 7) is 0.00162. The summed E-state index contributed by atoms with van der Waals surface area (Å²) in [7, 11) is 0. The van der Waals surface area contributed by atoms with Crippen molar-refractivity contribution in [2.75, 3.05) is 6.61 Å². The Morgan fingerprint density at radius 3 is 3.00 bits per heavy atom. The van der Waals surface area contributed by atoms with Gasteiger partial charge in [-0.2, -0.15) is 0 Å². The third-order valence-corrected chi connectivity index (χ3v) is 2.96. The normalized spacial score (nSPS) is 26.1. The molecule has 3 N–H and O–H groups in total. The summed E-state index contributed by atoms with van der Waals surface area (Å²) in [6, 6.07) is 5.67. The van der Waals surface area contributed by atoms with Crippen LogP contribution in [0.15, 0.2) is 18.2 Å². The zero-order valence-electron chi connectivity index (χ0n) is 7.26. The van der Waals surface area contributed by atoms with Crippen molar-refractivity contribution in [3.8, 4) is 0 Å². The van der Waals surface area contributed by atoms with E-state index in [9.17, 15) is 5.11 Å². The van der Waals surface area contributed by atoms with E-state index in [1.165, 1.54) is 5.56 Å². The van der Waals surface area contributed by atoms with Gasteiger partial charge in [0.25, 0.3) is 0 Å². The fourth-order valence-corrected chi connectivity index (χ4v) is 2.11. The number of aryl methyl sites for hydroxylation is 1. The van der Waals surface area contributed by atoms with E-state index >= 15 is 0 Å². The summed E-state index contributed by atoms with van der Waals surface area (Å²) in [5, 5.41) is 9.92. The molecule has 0 amide bonds. The Morgan fingerprint density at radius 2 is 2.31 bits per heavy atom. The van der Waals surface area contributed by atoms with Crippen LogP contribution < -0.4 is 5.73 Å². The van der Waals surface area contributed by atoms with Crippen LogP contribution in [-0.2, 0) is 12.0 Å². The third-order valence-electron chi connectivity index (χ3n) is 2.73. The van der Waals surface area contributed by atoms with Gasteiger partial charge in [0.2, 0.25) is 0 Å². The number of hydrogen-bond donors (Lipinski definition) is 2. The standard InChI is InChI=1S/C10H12ClNO/c11-8-1-2-9-7(5-8)3-4-10(9,12)6-13/h1-2,5,13H,3-4,6,12H2. The monoisotopic (exact) mass is 197 g/mol. The Hall–Kier alpha value is -0.570. The van der Waals surface area contributed by atoms with Gasteiger partial charge in [-0.3, -0.25) is 0 Å². The minimum Gasteiger partial charge on any atom is -0.394 e. The van der Waals surface area contributed by atoms with E-state index in [4.69, 9.17) is 17.3 Å². The van der Waals surface area contributed by atoms with E-state index in [2.05, 4.69) is 0 Å². The van der Waals surface area contributed by atoms with Gasteiger partial charge < -0.3 is 10.8 Å². The average Bonchev–Trinajstić information content (AvgIpc) is 2.45. The molecule has 0 bridgehead atoms. The first-order valence-corrected chi connectivity index (χ1v) is 4.72. The number of halogens is 1. The van der Waals surface area contributed by atoms with Gasteiger partial charge in [0.15, 0.2) is 0 Å². The quantitative estimate of drug-likeness (QED) is 0.716. The van der Waals surface area contributed by atoms with Crippen LogP contribution in [0.2, 0.25) is 5.02 Å². The lowest BCUT2D eigenvalue weighted by molar-refractivity contribution is 0.197. The molecule has 0 heterocycles. The van der Waals surface area contributed by atoms with Crippen LogP contribution in [0, 0.1) is 0 Å². The molecule has 2 nitrogen and oxygen atoms in total. The molecule has 3 heteroatoms. The van der Waals surface area contributed by atoms with Crippen molar-refractivity contribution in [1.29, 1.82) is 0 Å². The number of aliphatic hydroxyl groups excluding tert-OH is 1. The van der Waals surface area contributed by atoms with E-state index in [-0.39, 0.29) is 6.61 Å². The lowest BCUT2D eigenvalue weighted by Crippen LogP contribution is -2.37. The number of fused-ring (bicyclic) bond motifs is 1. The molecule has 1 aromatic carbocycles. The number of aliphatic hydroxyl groups is 1. The third kappa shape index (κ3) is 1.35. The van der Waals surface area contributed by atoms with E-state index in [0.717, 1.165) is 23.4 Å². The fourth-order valence-electron chi connectivity index (χ4n) is 1.91. The zero-order chi connectivity index (χ0) is 9.47. The van der Waals surface area contributed by atoms with Gasteiger partial charge in [0.1, 0.15) is 0 Å². The van der Waals surface area contributed by atoms with Crippen molar-refractivity contribution in [3.63, 3.8) is 0 Å². The van der Waals surface area contributed by atoms with Crippen molar-refractivity contribution in [2.45, 2.75) is 18.4 Å². The molecular formula is C10H12ClNO. The van der Waals surface area contributed by atoms with Crippen LogP contribution in [0.4, 0.5) is 0 Å². The van der Waals surface area contributed by atoms with Crippen molar-refractivity contribution in [2.24, 2.45) is 5.73 Å². The molecular weight excluding hydrogens is 186 g/mol. The van der Waals surface area contributed by atoms with Crippen molar-refractivity contribution in [3.05, 3.63) is 34.3 Å². The largest absolute Gasteiger partial charge is 0.394 e. The highest BCUT2D eigenvalue weighted by Crippen LogP contribution is 2.35. The van der Waals surface area contributed by atoms with Gasteiger partial charge in [-0.25, -0.2) is 0 Å². The second-order valence-corrected chi connectivity index (χ2v) is 4.05. The van der Waals surface area contributed by atoms with Gasteiger partial charge in [0, 0.05) is 5.02 Å². The van der Waals surface area contributed by atoms with Crippen molar-refractivity contribution >= 4 is 11.6 Å². The van der Waals surface area contributed by atoms with Gasteiger partial charge in [0.05, 0.1) is 12.1 Å². The first-order chi connectivity index (χ1) is 6.15. The van der Waals surface area contributed by atoms with E-state index in [0.29, 0.717) is 0 Å². The van der Waals surface area contributed by atoms with Crippen LogP contribution in [0.5, 0.6) is 0 Å². The number of nitrogens with two attached hydrogens (primary N) is 1. The molecule has 0 saturated carbocycles. The molecule has 1 atom stereocenters. The van der Waals surface area contributed by atoms with Gasteiger partial charge in [-0.15, -0.1) is 0 Å². The maximum absolute atomic E-state index is 9.18. The Balaban J connectivity index is 2.49. The molecule has 0 fully saturated rings. The van der Waals surface area contributed by atoms with E-state index in [1.54, 1.807) is 0 Å². The van der Waals surface area contributed by atoms with E-state index < -0.39 is 5.54 Å². The summed E-state index contributed by atoms with van der Waals surface area (Å²) in [6.07, 6.45) is 1.71. The van der Waals surface area contributed by atoms with Crippen LogP contribution >= 0.6 is 11.6 Å². The van der Waals surface area contributed by atoms with Crippen LogP contribution in [0.1, 0.15) is 17.5 Å².